The Morgan fingerprint density at radius 1 is 1.08 bits per heavy atom. The first-order valence-corrected chi connectivity index (χ1v) is 7.87. The Morgan fingerprint density at radius 2 is 1.71 bits per heavy atom. The van der Waals surface area contributed by atoms with E-state index in [1.165, 1.54) is 12.1 Å². The lowest BCUT2D eigenvalue weighted by Crippen LogP contribution is -2.32. The summed E-state index contributed by atoms with van der Waals surface area (Å²) < 4.78 is 13.2. The van der Waals surface area contributed by atoms with E-state index in [4.69, 9.17) is 11.6 Å². The Labute approximate surface area is 146 Å². The molecule has 1 atom stereocenters. The van der Waals surface area contributed by atoms with E-state index in [9.17, 15) is 9.18 Å². The monoisotopic (exact) mass is 349 g/mol. The lowest BCUT2D eigenvalue weighted by molar-refractivity contribution is -0.120. The fraction of sp³-hybridized carbons (Fsp3) is 0.278. The molecule has 0 spiro atoms. The van der Waals surface area contributed by atoms with Crippen LogP contribution in [0.4, 0.5) is 15.8 Å². The highest BCUT2D eigenvalue weighted by atomic mass is 35.5. The van der Waals surface area contributed by atoms with Crippen molar-refractivity contribution >= 4 is 28.9 Å². The first-order chi connectivity index (χ1) is 11.3. The minimum atomic E-state index is -0.542. The van der Waals surface area contributed by atoms with Crippen molar-refractivity contribution in [3.8, 4) is 0 Å². The molecular formula is C18H21ClFN3O. The van der Waals surface area contributed by atoms with Crippen LogP contribution in [0.25, 0.3) is 0 Å². The van der Waals surface area contributed by atoms with E-state index in [1.807, 2.05) is 25.1 Å². The predicted molar refractivity (Wildman–Crippen MR) is 97.2 cm³/mol. The number of carbonyl (C=O) groups is 1. The summed E-state index contributed by atoms with van der Waals surface area (Å²) in [7, 11) is 7.39. The number of hydrogen-bond acceptors (Lipinski definition) is 3. The Kier molecular flexibility index (Phi) is 5.80. The van der Waals surface area contributed by atoms with Gasteiger partial charge in [-0.3, -0.25) is 9.69 Å². The van der Waals surface area contributed by atoms with Crippen LogP contribution in [0.1, 0.15) is 11.6 Å². The molecule has 128 valence electrons. The maximum atomic E-state index is 13.2. The molecule has 0 aliphatic rings. The first kappa shape index (κ1) is 18.2. The summed E-state index contributed by atoms with van der Waals surface area (Å²) in [5, 5.41) is 3.47. The zero-order valence-electron chi connectivity index (χ0n) is 14.2. The van der Waals surface area contributed by atoms with Crippen molar-refractivity contribution in [1.29, 1.82) is 0 Å². The van der Waals surface area contributed by atoms with Crippen LogP contribution < -0.4 is 10.2 Å². The molecule has 0 aromatic heterocycles. The van der Waals surface area contributed by atoms with E-state index in [1.54, 1.807) is 43.3 Å². The van der Waals surface area contributed by atoms with Gasteiger partial charge in [0.1, 0.15) is 11.9 Å². The van der Waals surface area contributed by atoms with Gasteiger partial charge in [0.25, 0.3) is 0 Å². The summed E-state index contributed by atoms with van der Waals surface area (Å²) in [5.74, 6) is -0.543. The number of amides is 1. The zero-order valence-corrected chi connectivity index (χ0v) is 14.9. The van der Waals surface area contributed by atoms with Gasteiger partial charge < -0.3 is 10.2 Å². The number of nitrogens with one attached hydrogen (secondary N) is 1. The number of likely N-dealkylation sites (N-methyl/N-ethyl adjacent to an activating group) is 1. The van der Waals surface area contributed by atoms with Crippen molar-refractivity contribution in [2.24, 2.45) is 0 Å². The van der Waals surface area contributed by atoms with Crippen LogP contribution >= 0.6 is 11.6 Å². The molecule has 1 unspecified atom stereocenters. The lowest BCUT2D eigenvalue weighted by Gasteiger charge is -2.25. The molecule has 0 aliphatic heterocycles. The molecule has 2 aromatic carbocycles. The Hall–Kier alpha value is -2.11. The third-order valence-corrected chi connectivity index (χ3v) is 3.88. The number of benzene rings is 2. The first-order valence-electron chi connectivity index (χ1n) is 7.49. The van der Waals surface area contributed by atoms with Gasteiger partial charge in [0.05, 0.1) is 11.4 Å². The molecule has 0 bridgehead atoms. The third kappa shape index (κ3) is 4.24. The maximum absolute atomic E-state index is 13.2. The highest BCUT2D eigenvalue weighted by Crippen LogP contribution is 2.29. The van der Waals surface area contributed by atoms with Crippen LogP contribution in [0.3, 0.4) is 0 Å². The molecule has 0 radical (unpaired) electrons. The van der Waals surface area contributed by atoms with Crippen molar-refractivity contribution < 1.29 is 9.18 Å². The van der Waals surface area contributed by atoms with E-state index in [2.05, 4.69) is 5.32 Å². The third-order valence-electron chi connectivity index (χ3n) is 3.65. The predicted octanol–water partition coefficient (Wildman–Crippen LogP) is 3.79. The largest absolute Gasteiger partial charge is 0.376 e. The van der Waals surface area contributed by atoms with Crippen molar-refractivity contribution in [2.75, 3.05) is 38.4 Å². The van der Waals surface area contributed by atoms with Gasteiger partial charge in [-0.05, 0) is 50.0 Å². The van der Waals surface area contributed by atoms with Crippen LogP contribution in [0, 0.1) is 5.82 Å². The van der Waals surface area contributed by atoms with Gasteiger partial charge in [-0.15, -0.1) is 0 Å². The average molecular weight is 350 g/mol. The summed E-state index contributed by atoms with van der Waals surface area (Å²) in [4.78, 5) is 16.5. The van der Waals surface area contributed by atoms with Crippen LogP contribution in [-0.4, -0.2) is 39.0 Å². The second kappa shape index (κ2) is 7.64. The molecule has 1 N–H and O–H groups in total. The van der Waals surface area contributed by atoms with Gasteiger partial charge in [-0.1, -0.05) is 23.7 Å². The van der Waals surface area contributed by atoms with Crippen molar-refractivity contribution in [1.82, 2.24) is 4.90 Å². The molecule has 0 aliphatic carbocycles. The highest BCUT2D eigenvalue weighted by molar-refractivity contribution is 6.31. The maximum Gasteiger partial charge on any atom is 0.246 e. The molecule has 0 saturated heterocycles. The fourth-order valence-electron chi connectivity index (χ4n) is 2.53. The molecular weight excluding hydrogens is 329 g/mol. The van der Waals surface area contributed by atoms with Crippen LogP contribution in [0.2, 0.25) is 5.02 Å². The normalized spacial score (nSPS) is 12.1. The van der Waals surface area contributed by atoms with E-state index in [0.717, 1.165) is 5.69 Å². The standard InChI is InChI=1S/C18H21ClFN3O/c1-22(2)16-10-7-13(19)11-15(16)21-18(24)17(23(3)4)12-5-8-14(20)9-6-12/h5-11,17H,1-4H3,(H,21,24). The number of rotatable bonds is 5. The summed E-state index contributed by atoms with van der Waals surface area (Å²) in [6, 6.07) is 10.7. The molecule has 4 nitrogen and oxygen atoms in total. The zero-order chi connectivity index (χ0) is 17.9. The number of anilines is 2. The SMILES string of the molecule is CN(C)c1ccc(Cl)cc1NC(=O)C(c1ccc(F)cc1)N(C)C. The summed E-state index contributed by atoms with van der Waals surface area (Å²) in [6.07, 6.45) is 0. The van der Waals surface area contributed by atoms with E-state index in [0.29, 0.717) is 16.3 Å². The average Bonchev–Trinajstić information content (AvgIpc) is 2.48. The minimum absolute atomic E-state index is 0.211. The van der Waals surface area contributed by atoms with Crippen LogP contribution in [0.15, 0.2) is 42.5 Å². The minimum Gasteiger partial charge on any atom is -0.376 e. The summed E-state index contributed by atoms with van der Waals surface area (Å²) in [5.41, 5.74) is 2.20. The van der Waals surface area contributed by atoms with Crippen LogP contribution in [0.5, 0.6) is 0 Å². The number of nitrogens with zero attached hydrogens (tertiary/aromatic N) is 2. The molecule has 2 aromatic rings. The Bertz CT molecular complexity index is 717. The van der Waals surface area contributed by atoms with Crippen LogP contribution in [-0.2, 0) is 4.79 Å². The van der Waals surface area contributed by atoms with E-state index >= 15 is 0 Å². The molecule has 0 heterocycles. The van der Waals surface area contributed by atoms with E-state index in [-0.39, 0.29) is 11.7 Å². The van der Waals surface area contributed by atoms with Gasteiger partial charge in [-0.2, -0.15) is 0 Å². The number of carbonyl (C=O) groups excluding carboxylic acids is 1. The van der Waals surface area contributed by atoms with Crippen molar-refractivity contribution in [3.05, 3.63) is 58.9 Å². The smallest absolute Gasteiger partial charge is 0.246 e. The quantitative estimate of drug-likeness (QED) is 0.892. The lowest BCUT2D eigenvalue weighted by atomic mass is 10.0. The van der Waals surface area contributed by atoms with Gasteiger partial charge in [0, 0.05) is 19.1 Å². The van der Waals surface area contributed by atoms with Crippen molar-refractivity contribution in [3.63, 3.8) is 0 Å². The fourth-order valence-corrected chi connectivity index (χ4v) is 2.70. The van der Waals surface area contributed by atoms with Gasteiger partial charge in [-0.25, -0.2) is 4.39 Å². The molecule has 24 heavy (non-hydrogen) atoms. The summed E-state index contributed by atoms with van der Waals surface area (Å²) >= 11 is 6.06. The second-order valence-corrected chi connectivity index (χ2v) is 6.40. The molecule has 0 saturated carbocycles. The van der Waals surface area contributed by atoms with Gasteiger partial charge in [0.15, 0.2) is 0 Å². The van der Waals surface area contributed by atoms with Gasteiger partial charge in [0.2, 0.25) is 5.91 Å². The van der Waals surface area contributed by atoms with Gasteiger partial charge >= 0.3 is 0 Å². The highest BCUT2D eigenvalue weighted by Gasteiger charge is 2.24. The molecule has 0 fully saturated rings. The summed E-state index contributed by atoms with van der Waals surface area (Å²) in [6.45, 7) is 0. The molecule has 2 rings (SSSR count). The Morgan fingerprint density at radius 3 is 2.25 bits per heavy atom. The molecule has 6 heteroatoms. The Balaban J connectivity index is 2.32. The van der Waals surface area contributed by atoms with Crippen molar-refractivity contribution in [2.45, 2.75) is 6.04 Å². The second-order valence-electron chi connectivity index (χ2n) is 5.96. The molecule has 1 amide bonds. The number of hydrogen-bond donors (Lipinski definition) is 1. The topological polar surface area (TPSA) is 35.6 Å². The number of halogens is 2. The van der Waals surface area contributed by atoms with E-state index < -0.39 is 6.04 Å².